The number of carbonyl (C=O) groups is 5. The maximum absolute atomic E-state index is 12.9. The van der Waals surface area contributed by atoms with Crippen molar-refractivity contribution in [2.45, 2.75) is 84.0 Å². The molecule has 0 aliphatic heterocycles. The van der Waals surface area contributed by atoms with Gasteiger partial charge >= 0.3 is 5.97 Å². The molecule has 0 rings (SSSR count). The van der Waals surface area contributed by atoms with Gasteiger partial charge in [-0.1, -0.05) is 27.7 Å². The summed E-state index contributed by atoms with van der Waals surface area (Å²) in [7, 11) is 0. The molecular weight excluding hydrogens is 432 g/mol. The molecule has 4 atom stereocenters. The van der Waals surface area contributed by atoms with E-state index >= 15 is 0 Å². The Morgan fingerprint density at radius 3 is 1.79 bits per heavy atom. The third kappa shape index (κ3) is 12.2. The van der Waals surface area contributed by atoms with E-state index in [0.29, 0.717) is 19.4 Å². The van der Waals surface area contributed by atoms with Crippen LogP contribution in [0.15, 0.2) is 0 Å². The van der Waals surface area contributed by atoms with Gasteiger partial charge in [0.05, 0.1) is 12.5 Å². The van der Waals surface area contributed by atoms with Crippen LogP contribution in [0.5, 0.6) is 0 Å². The van der Waals surface area contributed by atoms with E-state index in [2.05, 4.69) is 16.0 Å². The summed E-state index contributed by atoms with van der Waals surface area (Å²) in [6.07, 6.45) is 0.898. The Balaban J connectivity index is 5.48. The van der Waals surface area contributed by atoms with Crippen molar-refractivity contribution in [3.05, 3.63) is 0 Å². The molecule has 0 radical (unpaired) electrons. The quantitative estimate of drug-likeness (QED) is 0.131. The van der Waals surface area contributed by atoms with Crippen molar-refractivity contribution in [3.63, 3.8) is 0 Å². The number of carboxylic acids is 1. The first-order valence-corrected chi connectivity index (χ1v) is 11.2. The Morgan fingerprint density at radius 1 is 0.818 bits per heavy atom. The molecule has 0 saturated carbocycles. The number of rotatable bonds is 16. The lowest BCUT2D eigenvalue weighted by Gasteiger charge is -2.26. The van der Waals surface area contributed by atoms with Crippen LogP contribution >= 0.6 is 0 Å². The van der Waals surface area contributed by atoms with Gasteiger partial charge in [-0.25, -0.2) is 4.79 Å². The molecule has 10 N–H and O–H groups in total. The lowest BCUT2D eigenvalue weighted by molar-refractivity contribution is -0.142. The zero-order chi connectivity index (χ0) is 25.7. The summed E-state index contributed by atoms with van der Waals surface area (Å²) < 4.78 is 0. The zero-order valence-electron chi connectivity index (χ0n) is 19.9. The van der Waals surface area contributed by atoms with Gasteiger partial charge in [0.25, 0.3) is 0 Å². The standard InChI is InChI=1S/C21H40N6O6/c1-11(2)9-14(27-20(31)17(24)12(3)4)18(29)26-15(10-16(23)28)19(30)25-13(21(32)33)7-5-6-8-22/h11-15,17H,5-10,22,24H2,1-4H3,(H2,23,28)(H,25,30)(H,26,29)(H,27,31)(H,32,33). The highest BCUT2D eigenvalue weighted by Gasteiger charge is 2.31. The summed E-state index contributed by atoms with van der Waals surface area (Å²) >= 11 is 0. The van der Waals surface area contributed by atoms with E-state index in [1.54, 1.807) is 13.8 Å². The van der Waals surface area contributed by atoms with Crippen LogP contribution < -0.4 is 33.2 Å². The lowest BCUT2D eigenvalue weighted by Crippen LogP contribution is -2.58. The maximum atomic E-state index is 12.9. The number of hydrogen-bond donors (Lipinski definition) is 7. The molecule has 0 spiro atoms. The minimum atomic E-state index is -1.41. The van der Waals surface area contributed by atoms with E-state index in [4.69, 9.17) is 17.2 Å². The van der Waals surface area contributed by atoms with Crippen molar-refractivity contribution in [3.8, 4) is 0 Å². The number of nitrogens with one attached hydrogen (secondary N) is 3. The molecule has 12 heteroatoms. The third-order valence-corrected chi connectivity index (χ3v) is 4.96. The van der Waals surface area contributed by atoms with Gasteiger partial charge in [-0.2, -0.15) is 0 Å². The summed E-state index contributed by atoms with van der Waals surface area (Å²) in [6, 6.07) is -4.46. The van der Waals surface area contributed by atoms with Gasteiger partial charge in [0.2, 0.25) is 23.6 Å². The van der Waals surface area contributed by atoms with Crippen LogP contribution in [-0.2, 0) is 24.0 Å². The lowest BCUT2D eigenvalue weighted by atomic mass is 10.00. The number of carboxylic acid groups (broad SMARTS) is 1. The average molecular weight is 473 g/mol. The number of unbranched alkanes of at least 4 members (excludes halogenated alkanes) is 1. The number of amides is 4. The van der Waals surface area contributed by atoms with Gasteiger partial charge in [0, 0.05) is 0 Å². The maximum Gasteiger partial charge on any atom is 0.326 e. The van der Waals surface area contributed by atoms with E-state index in [1.807, 2.05) is 13.8 Å². The highest BCUT2D eigenvalue weighted by molar-refractivity contribution is 5.96. The van der Waals surface area contributed by atoms with Crippen molar-refractivity contribution in [1.29, 1.82) is 0 Å². The predicted octanol–water partition coefficient (Wildman–Crippen LogP) is -1.44. The molecule has 0 aromatic rings. The minimum Gasteiger partial charge on any atom is -0.480 e. The van der Waals surface area contributed by atoms with Crippen molar-refractivity contribution < 1.29 is 29.1 Å². The molecule has 190 valence electrons. The first-order valence-electron chi connectivity index (χ1n) is 11.2. The van der Waals surface area contributed by atoms with E-state index in [0.717, 1.165) is 0 Å². The second-order valence-electron chi connectivity index (χ2n) is 8.88. The summed E-state index contributed by atoms with van der Waals surface area (Å²) in [5.41, 5.74) is 16.5. The molecule has 4 amide bonds. The number of primary amides is 1. The highest BCUT2D eigenvalue weighted by Crippen LogP contribution is 2.08. The molecular formula is C21H40N6O6. The molecule has 4 unspecified atom stereocenters. The summed E-state index contributed by atoms with van der Waals surface area (Å²) in [5.74, 6) is -4.35. The first-order chi connectivity index (χ1) is 15.3. The number of aliphatic carboxylic acids is 1. The normalized spacial score (nSPS) is 14.8. The van der Waals surface area contributed by atoms with Crippen molar-refractivity contribution in [2.24, 2.45) is 29.0 Å². The molecule has 0 aromatic heterocycles. The SMILES string of the molecule is CC(C)CC(NC(=O)C(N)C(C)C)C(=O)NC(CC(N)=O)C(=O)NC(CCCCN)C(=O)O. The molecule has 0 heterocycles. The van der Waals surface area contributed by atoms with E-state index in [-0.39, 0.29) is 24.7 Å². The van der Waals surface area contributed by atoms with E-state index < -0.39 is 60.2 Å². The van der Waals surface area contributed by atoms with E-state index in [9.17, 15) is 29.1 Å². The second-order valence-corrected chi connectivity index (χ2v) is 8.88. The Morgan fingerprint density at radius 2 is 1.33 bits per heavy atom. The molecule has 0 saturated heterocycles. The van der Waals surface area contributed by atoms with Crippen LogP contribution in [-0.4, -0.2) is 65.4 Å². The number of hydrogen-bond acceptors (Lipinski definition) is 7. The average Bonchev–Trinajstić information content (AvgIpc) is 2.70. The van der Waals surface area contributed by atoms with Crippen LogP contribution in [0.25, 0.3) is 0 Å². The van der Waals surface area contributed by atoms with Crippen molar-refractivity contribution >= 4 is 29.6 Å². The van der Waals surface area contributed by atoms with Gasteiger partial charge in [-0.15, -0.1) is 0 Å². The molecule has 0 aliphatic carbocycles. The Bertz CT molecular complexity index is 684. The fourth-order valence-electron chi connectivity index (χ4n) is 2.98. The Hall–Kier alpha value is -2.73. The molecule has 0 aliphatic rings. The van der Waals surface area contributed by atoms with Gasteiger partial charge < -0.3 is 38.3 Å². The monoisotopic (exact) mass is 472 g/mol. The molecule has 0 bridgehead atoms. The van der Waals surface area contributed by atoms with Crippen LogP contribution in [0.4, 0.5) is 0 Å². The number of carbonyl (C=O) groups excluding carboxylic acids is 4. The summed E-state index contributed by atoms with van der Waals surface area (Å²) in [5, 5.41) is 16.7. The topological polar surface area (TPSA) is 220 Å². The second kappa shape index (κ2) is 15.2. The van der Waals surface area contributed by atoms with Crippen molar-refractivity contribution in [2.75, 3.05) is 6.54 Å². The fourth-order valence-corrected chi connectivity index (χ4v) is 2.98. The fraction of sp³-hybridized carbons (Fsp3) is 0.762. The molecule has 33 heavy (non-hydrogen) atoms. The highest BCUT2D eigenvalue weighted by atomic mass is 16.4. The van der Waals surface area contributed by atoms with Crippen LogP contribution in [0, 0.1) is 11.8 Å². The zero-order valence-corrected chi connectivity index (χ0v) is 19.9. The van der Waals surface area contributed by atoms with Gasteiger partial charge in [0.15, 0.2) is 0 Å². The van der Waals surface area contributed by atoms with Gasteiger partial charge in [-0.05, 0) is 44.1 Å². The molecule has 0 aromatic carbocycles. The van der Waals surface area contributed by atoms with E-state index in [1.165, 1.54) is 0 Å². The van der Waals surface area contributed by atoms with Crippen LogP contribution in [0.1, 0.15) is 59.8 Å². The molecule has 0 fully saturated rings. The minimum absolute atomic E-state index is 0.0127. The smallest absolute Gasteiger partial charge is 0.326 e. The predicted molar refractivity (Wildman–Crippen MR) is 122 cm³/mol. The van der Waals surface area contributed by atoms with Gasteiger partial charge in [0.1, 0.15) is 18.1 Å². The molecule has 12 nitrogen and oxygen atoms in total. The summed E-state index contributed by atoms with van der Waals surface area (Å²) in [6.45, 7) is 7.61. The van der Waals surface area contributed by atoms with Crippen LogP contribution in [0.3, 0.4) is 0 Å². The largest absolute Gasteiger partial charge is 0.480 e. The van der Waals surface area contributed by atoms with Crippen molar-refractivity contribution in [1.82, 2.24) is 16.0 Å². The Labute approximate surface area is 194 Å². The third-order valence-electron chi connectivity index (χ3n) is 4.96. The number of nitrogens with two attached hydrogens (primary N) is 3. The van der Waals surface area contributed by atoms with Crippen LogP contribution in [0.2, 0.25) is 0 Å². The first kappa shape index (κ1) is 30.3. The summed E-state index contributed by atoms with van der Waals surface area (Å²) in [4.78, 5) is 61.0. The Kier molecular flexibility index (Phi) is 13.9. The van der Waals surface area contributed by atoms with Gasteiger partial charge in [-0.3, -0.25) is 19.2 Å².